The number of nitrogens with one attached hydrogen (secondary N) is 1. The molecule has 4 bridgehead atoms. The first kappa shape index (κ1) is 18.9. The molecule has 4 saturated carbocycles. The van der Waals surface area contributed by atoms with E-state index in [1.807, 2.05) is 24.3 Å². The second-order valence-corrected chi connectivity index (χ2v) is 10.0. The summed E-state index contributed by atoms with van der Waals surface area (Å²) in [5, 5.41) is 13.1. The highest BCUT2D eigenvalue weighted by Gasteiger charge is 2.61. The number of hydrogen-bond acceptors (Lipinski definition) is 3. The number of aliphatic carboxylic acids is 1. The summed E-state index contributed by atoms with van der Waals surface area (Å²) in [6.45, 7) is 0.253. The molecular formula is C26H27NO4. The van der Waals surface area contributed by atoms with Gasteiger partial charge in [-0.05, 0) is 72.1 Å². The van der Waals surface area contributed by atoms with Crippen molar-refractivity contribution in [2.24, 2.45) is 23.2 Å². The van der Waals surface area contributed by atoms with Gasteiger partial charge >= 0.3 is 12.1 Å². The quantitative estimate of drug-likeness (QED) is 0.749. The normalized spacial score (nSPS) is 32.4. The third-order valence-corrected chi connectivity index (χ3v) is 8.35. The van der Waals surface area contributed by atoms with Gasteiger partial charge in [-0.1, -0.05) is 48.5 Å². The highest BCUT2D eigenvalue weighted by Crippen LogP contribution is 2.60. The Hall–Kier alpha value is -2.82. The number of hydrogen-bond donors (Lipinski definition) is 2. The molecule has 3 unspecified atom stereocenters. The summed E-state index contributed by atoms with van der Waals surface area (Å²) in [6.07, 6.45) is 4.09. The van der Waals surface area contributed by atoms with Crippen LogP contribution in [0.2, 0.25) is 0 Å². The monoisotopic (exact) mass is 417 g/mol. The molecular weight excluding hydrogens is 390 g/mol. The maximum Gasteiger partial charge on any atom is 0.407 e. The van der Waals surface area contributed by atoms with Gasteiger partial charge in [-0.15, -0.1) is 0 Å². The van der Waals surface area contributed by atoms with Crippen molar-refractivity contribution in [1.29, 1.82) is 0 Å². The number of carbonyl (C=O) groups is 2. The number of benzene rings is 2. The predicted molar refractivity (Wildman–Crippen MR) is 116 cm³/mol. The summed E-state index contributed by atoms with van der Waals surface area (Å²) in [5.74, 6) is 0.492. The smallest absolute Gasteiger partial charge is 0.407 e. The molecule has 5 heteroatoms. The van der Waals surface area contributed by atoms with Crippen molar-refractivity contribution in [3.63, 3.8) is 0 Å². The Morgan fingerprint density at radius 2 is 1.52 bits per heavy atom. The van der Waals surface area contributed by atoms with Crippen LogP contribution in [0.1, 0.15) is 49.1 Å². The van der Waals surface area contributed by atoms with E-state index in [4.69, 9.17) is 4.74 Å². The molecule has 5 aliphatic carbocycles. The number of alkyl carbamates (subject to hydrolysis) is 1. The molecule has 2 aromatic rings. The van der Waals surface area contributed by atoms with Gasteiger partial charge in [-0.2, -0.15) is 0 Å². The van der Waals surface area contributed by atoms with Crippen molar-refractivity contribution >= 4 is 12.1 Å². The highest BCUT2D eigenvalue weighted by molar-refractivity contribution is 5.80. The number of ether oxygens (including phenoxy) is 1. The SMILES string of the molecule is O=C(NC1C2CC3CC(C2)CC1(C(=O)O)C3)OCC1c2ccccc2-c2ccccc21. The first-order valence-electron chi connectivity index (χ1n) is 11.4. The summed E-state index contributed by atoms with van der Waals surface area (Å²) >= 11 is 0. The fourth-order valence-electron chi connectivity index (χ4n) is 7.37. The fraction of sp³-hybridized carbons (Fsp3) is 0.462. The molecule has 7 rings (SSSR count). The van der Waals surface area contributed by atoms with Crippen LogP contribution in [-0.2, 0) is 9.53 Å². The van der Waals surface area contributed by atoms with Crippen LogP contribution in [0.4, 0.5) is 4.79 Å². The Morgan fingerprint density at radius 1 is 0.935 bits per heavy atom. The molecule has 0 aromatic heterocycles. The van der Waals surface area contributed by atoms with Crippen LogP contribution >= 0.6 is 0 Å². The Bertz CT molecular complexity index is 1000. The first-order chi connectivity index (χ1) is 15.0. The minimum atomic E-state index is -0.819. The van der Waals surface area contributed by atoms with Crippen LogP contribution in [-0.4, -0.2) is 29.8 Å². The molecule has 0 spiro atoms. The van der Waals surface area contributed by atoms with Gasteiger partial charge in [0.15, 0.2) is 0 Å². The molecule has 0 saturated heterocycles. The molecule has 0 radical (unpaired) electrons. The van der Waals surface area contributed by atoms with Gasteiger partial charge in [0.25, 0.3) is 0 Å². The number of rotatable bonds is 4. The number of carbonyl (C=O) groups excluding carboxylic acids is 1. The van der Waals surface area contributed by atoms with Crippen molar-refractivity contribution < 1.29 is 19.4 Å². The number of carboxylic acids is 1. The summed E-state index contributed by atoms with van der Waals surface area (Å²) in [7, 11) is 0. The molecule has 5 nitrogen and oxygen atoms in total. The van der Waals surface area contributed by atoms with Crippen LogP contribution in [0.25, 0.3) is 11.1 Å². The lowest BCUT2D eigenvalue weighted by Gasteiger charge is -2.58. The summed E-state index contributed by atoms with van der Waals surface area (Å²) in [5.41, 5.74) is 3.91. The van der Waals surface area contributed by atoms with Crippen molar-refractivity contribution in [1.82, 2.24) is 5.32 Å². The zero-order valence-electron chi connectivity index (χ0n) is 17.4. The van der Waals surface area contributed by atoms with E-state index in [-0.39, 0.29) is 24.5 Å². The van der Waals surface area contributed by atoms with Crippen LogP contribution in [0, 0.1) is 23.2 Å². The van der Waals surface area contributed by atoms with Crippen molar-refractivity contribution in [2.45, 2.75) is 44.1 Å². The molecule has 160 valence electrons. The molecule has 1 amide bonds. The molecule has 4 fully saturated rings. The van der Waals surface area contributed by atoms with Crippen molar-refractivity contribution in [3.05, 3.63) is 59.7 Å². The molecule has 0 aliphatic heterocycles. The minimum Gasteiger partial charge on any atom is -0.481 e. The van der Waals surface area contributed by atoms with Crippen LogP contribution in [0.15, 0.2) is 48.5 Å². The van der Waals surface area contributed by atoms with E-state index in [0.717, 1.165) is 19.3 Å². The lowest BCUT2D eigenvalue weighted by Crippen LogP contribution is -2.65. The molecule has 5 aliphatic rings. The predicted octanol–water partition coefficient (Wildman–Crippen LogP) is 4.80. The van der Waals surface area contributed by atoms with Crippen LogP contribution < -0.4 is 5.32 Å². The Labute approximate surface area is 181 Å². The average Bonchev–Trinajstić information content (AvgIpc) is 3.08. The van der Waals surface area contributed by atoms with E-state index in [0.29, 0.717) is 24.7 Å². The second kappa shape index (κ2) is 6.84. The maximum absolute atomic E-state index is 12.9. The van der Waals surface area contributed by atoms with Gasteiger partial charge < -0.3 is 15.2 Å². The van der Waals surface area contributed by atoms with Crippen LogP contribution in [0.5, 0.6) is 0 Å². The highest BCUT2D eigenvalue weighted by atomic mass is 16.5. The van der Waals surface area contributed by atoms with E-state index < -0.39 is 17.5 Å². The third-order valence-electron chi connectivity index (χ3n) is 8.35. The van der Waals surface area contributed by atoms with E-state index >= 15 is 0 Å². The van der Waals surface area contributed by atoms with E-state index in [1.54, 1.807) is 0 Å². The number of carboxylic acid groups (broad SMARTS) is 1. The van der Waals surface area contributed by atoms with Crippen molar-refractivity contribution in [3.8, 4) is 11.1 Å². The van der Waals surface area contributed by atoms with Gasteiger partial charge in [-0.25, -0.2) is 4.79 Å². The lowest BCUT2D eigenvalue weighted by atomic mass is 9.47. The molecule has 31 heavy (non-hydrogen) atoms. The molecule has 3 atom stereocenters. The minimum absolute atomic E-state index is 0.00471. The molecule has 2 aromatic carbocycles. The number of fused-ring (bicyclic) bond motifs is 3. The molecule has 2 N–H and O–H groups in total. The maximum atomic E-state index is 12.9. The van der Waals surface area contributed by atoms with Gasteiger partial charge in [0.2, 0.25) is 0 Å². The fourth-order valence-corrected chi connectivity index (χ4v) is 7.37. The van der Waals surface area contributed by atoms with E-state index in [1.165, 1.54) is 22.3 Å². The first-order valence-corrected chi connectivity index (χ1v) is 11.4. The zero-order chi connectivity index (χ0) is 21.2. The van der Waals surface area contributed by atoms with Gasteiger partial charge in [0.1, 0.15) is 6.61 Å². The van der Waals surface area contributed by atoms with Crippen LogP contribution in [0.3, 0.4) is 0 Å². The lowest BCUT2D eigenvalue weighted by molar-refractivity contribution is -0.169. The van der Waals surface area contributed by atoms with Crippen molar-refractivity contribution in [2.75, 3.05) is 6.61 Å². The zero-order valence-corrected chi connectivity index (χ0v) is 17.4. The van der Waals surface area contributed by atoms with Gasteiger partial charge in [0.05, 0.1) is 11.5 Å². The Morgan fingerprint density at radius 3 is 2.10 bits per heavy atom. The van der Waals surface area contributed by atoms with E-state index in [9.17, 15) is 14.7 Å². The largest absolute Gasteiger partial charge is 0.481 e. The third kappa shape index (κ3) is 2.82. The summed E-state index contributed by atoms with van der Waals surface area (Å²) in [4.78, 5) is 25.1. The van der Waals surface area contributed by atoms with Gasteiger partial charge in [-0.3, -0.25) is 4.79 Å². The average molecular weight is 418 g/mol. The standard InChI is InChI=1S/C26H27NO4/c28-24(29)26-12-15-9-16(13-26)11-17(10-15)23(26)27-25(30)31-14-22-20-7-3-1-5-18(20)19-6-2-4-8-21(19)22/h1-8,15-17,22-23H,9-14H2,(H,27,30)(H,28,29). The summed E-state index contributed by atoms with van der Waals surface area (Å²) < 4.78 is 5.73. The van der Waals surface area contributed by atoms with E-state index in [2.05, 4.69) is 29.6 Å². The molecule has 0 heterocycles. The Kier molecular flexibility index (Phi) is 4.17. The second-order valence-electron chi connectivity index (χ2n) is 10.0. The Balaban J connectivity index is 1.19. The van der Waals surface area contributed by atoms with Gasteiger partial charge in [0, 0.05) is 5.92 Å². The topological polar surface area (TPSA) is 75.6 Å². The summed E-state index contributed by atoms with van der Waals surface area (Å²) in [6, 6.07) is 16.2. The number of amides is 1.